The molecule has 1 aromatic rings. The average Bonchev–Trinajstić information content (AvgIpc) is 2.88. The molecule has 1 heterocycles. The average molecular weight is 253 g/mol. The third-order valence-electron chi connectivity index (χ3n) is 2.69. The largest absolute Gasteiger partial charge is 0.469 e. The molecule has 0 aliphatic rings. The van der Waals surface area contributed by atoms with Gasteiger partial charge in [0.15, 0.2) is 0 Å². The van der Waals surface area contributed by atoms with Crippen molar-refractivity contribution in [1.82, 2.24) is 4.90 Å². The van der Waals surface area contributed by atoms with Gasteiger partial charge in [0, 0.05) is 32.9 Å². The first kappa shape index (κ1) is 14.3. The summed E-state index contributed by atoms with van der Waals surface area (Å²) in [6.45, 7) is 0.562. The number of methoxy groups -OCH3 is 1. The van der Waals surface area contributed by atoms with Crippen LogP contribution in [-0.2, 0) is 20.7 Å². The maximum absolute atomic E-state index is 11.8. The Hall–Kier alpha value is -1.78. The predicted octanol–water partition coefficient (Wildman–Crippen LogP) is 1.62. The first-order valence-corrected chi connectivity index (χ1v) is 5.96. The van der Waals surface area contributed by atoms with Gasteiger partial charge in [-0.1, -0.05) is 0 Å². The fourth-order valence-electron chi connectivity index (χ4n) is 1.56. The number of carbonyl (C=O) groups is 2. The van der Waals surface area contributed by atoms with Crippen molar-refractivity contribution in [3.8, 4) is 0 Å². The highest BCUT2D eigenvalue weighted by molar-refractivity contribution is 5.76. The Morgan fingerprint density at radius 2 is 2.17 bits per heavy atom. The van der Waals surface area contributed by atoms with Crippen molar-refractivity contribution in [2.75, 3.05) is 20.7 Å². The van der Waals surface area contributed by atoms with Crippen LogP contribution in [-0.4, -0.2) is 37.5 Å². The van der Waals surface area contributed by atoms with E-state index in [1.165, 1.54) is 7.11 Å². The van der Waals surface area contributed by atoms with Crippen LogP contribution in [0.4, 0.5) is 0 Å². The molecule has 100 valence electrons. The molecule has 0 spiro atoms. The molecule has 5 heteroatoms. The highest BCUT2D eigenvalue weighted by Gasteiger charge is 2.10. The standard InChI is InChI=1S/C13H19NO4/c1-14(9-3-6-13(16)17-2)12(15)8-7-11-5-4-10-18-11/h4-5,10H,3,6-9H2,1-2H3. The molecule has 0 bridgehead atoms. The summed E-state index contributed by atoms with van der Waals surface area (Å²) in [5.41, 5.74) is 0. The van der Waals surface area contributed by atoms with Crippen molar-refractivity contribution in [1.29, 1.82) is 0 Å². The van der Waals surface area contributed by atoms with Crippen LogP contribution in [0, 0.1) is 0 Å². The molecule has 1 rings (SSSR count). The Balaban J connectivity index is 2.18. The highest BCUT2D eigenvalue weighted by Crippen LogP contribution is 2.05. The third kappa shape index (κ3) is 5.03. The molecule has 18 heavy (non-hydrogen) atoms. The molecule has 0 N–H and O–H groups in total. The second-order valence-corrected chi connectivity index (χ2v) is 4.07. The van der Waals surface area contributed by atoms with Gasteiger partial charge in [-0.15, -0.1) is 0 Å². The van der Waals surface area contributed by atoms with E-state index in [9.17, 15) is 9.59 Å². The van der Waals surface area contributed by atoms with Gasteiger partial charge in [-0.25, -0.2) is 0 Å². The molecule has 1 aromatic heterocycles. The van der Waals surface area contributed by atoms with Crippen LogP contribution < -0.4 is 0 Å². The van der Waals surface area contributed by atoms with Crippen LogP contribution in [0.15, 0.2) is 22.8 Å². The van der Waals surface area contributed by atoms with Crippen molar-refractivity contribution in [3.05, 3.63) is 24.2 Å². The summed E-state index contributed by atoms with van der Waals surface area (Å²) < 4.78 is 9.69. The number of aryl methyl sites for hydroxylation is 1. The van der Waals surface area contributed by atoms with Crippen molar-refractivity contribution >= 4 is 11.9 Å². The molecule has 0 unspecified atom stereocenters. The topological polar surface area (TPSA) is 59.8 Å². The zero-order valence-electron chi connectivity index (χ0n) is 10.8. The Kier molecular flexibility index (Phi) is 5.97. The molecule has 0 fully saturated rings. The highest BCUT2D eigenvalue weighted by atomic mass is 16.5. The number of nitrogens with zero attached hydrogens (tertiary/aromatic N) is 1. The van der Waals surface area contributed by atoms with E-state index in [1.807, 2.05) is 6.07 Å². The van der Waals surface area contributed by atoms with Gasteiger partial charge in [0.2, 0.25) is 5.91 Å². The lowest BCUT2D eigenvalue weighted by molar-refractivity contribution is -0.141. The molecule has 0 atom stereocenters. The summed E-state index contributed by atoms with van der Waals surface area (Å²) in [7, 11) is 3.10. The van der Waals surface area contributed by atoms with E-state index >= 15 is 0 Å². The minimum absolute atomic E-state index is 0.0521. The minimum atomic E-state index is -0.244. The number of carbonyl (C=O) groups excluding carboxylic acids is 2. The second-order valence-electron chi connectivity index (χ2n) is 4.07. The zero-order valence-corrected chi connectivity index (χ0v) is 10.8. The minimum Gasteiger partial charge on any atom is -0.469 e. The number of hydrogen-bond acceptors (Lipinski definition) is 4. The summed E-state index contributed by atoms with van der Waals surface area (Å²) in [6.07, 6.45) is 3.58. The maximum atomic E-state index is 11.8. The summed E-state index contributed by atoms with van der Waals surface area (Å²) in [6, 6.07) is 3.66. The number of furan rings is 1. The fraction of sp³-hybridized carbons (Fsp3) is 0.538. The molecule has 0 radical (unpaired) electrons. The number of rotatable bonds is 7. The van der Waals surface area contributed by atoms with E-state index in [1.54, 1.807) is 24.3 Å². The number of esters is 1. The van der Waals surface area contributed by atoms with Gasteiger partial charge in [-0.2, -0.15) is 0 Å². The van der Waals surface area contributed by atoms with Crippen LogP contribution in [0.25, 0.3) is 0 Å². The molecule has 5 nitrogen and oxygen atoms in total. The van der Waals surface area contributed by atoms with Crippen LogP contribution in [0.1, 0.15) is 25.0 Å². The maximum Gasteiger partial charge on any atom is 0.305 e. The summed E-state index contributed by atoms with van der Waals surface area (Å²) in [5, 5.41) is 0. The van der Waals surface area contributed by atoms with E-state index in [0.717, 1.165) is 5.76 Å². The van der Waals surface area contributed by atoms with Crippen LogP contribution in [0.3, 0.4) is 0 Å². The summed E-state index contributed by atoms with van der Waals surface area (Å²) in [5.74, 6) is 0.619. The molecular weight excluding hydrogens is 234 g/mol. The van der Waals surface area contributed by atoms with Gasteiger partial charge < -0.3 is 14.1 Å². The van der Waals surface area contributed by atoms with Crippen molar-refractivity contribution in [2.45, 2.75) is 25.7 Å². The van der Waals surface area contributed by atoms with Gasteiger partial charge in [-0.05, 0) is 18.6 Å². The van der Waals surface area contributed by atoms with Crippen LogP contribution in [0.2, 0.25) is 0 Å². The molecule has 0 aromatic carbocycles. The number of hydrogen-bond donors (Lipinski definition) is 0. The fourth-order valence-corrected chi connectivity index (χ4v) is 1.56. The smallest absolute Gasteiger partial charge is 0.305 e. The van der Waals surface area contributed by atoms with Gasteiger partial charge in [-0.3, -0.25) is 9.59 Å². The van der Waals surface area contributed by atoms with E-state index < -0.39 is 0 Å². The summed E-state index contributed by atoms with van der Waals surface area (Å²) in [4.78, 5) is 24.3. The monoisotopic (exact) mass is 253 g/mol. The molecular formula is C13H19NO4. The third-order valence-corrected chi connectivity index (χ3v) is 2.69. The van der Waals surface area contributed by atoms with Gasteiger partial charge in [0.25, 0.3) is 0 Å². The molecule has 0 saturated heterocycles. The normalized spacial score (nSPS) is 10.1. The Morgan fingerprint density at radius 1 is 1.39 bits per heavy atom. The van der Waals surface area contributed by atoms with E-state index in [-0.39, 0.29) is 11.9 Å². The number of ether oxygens (including phenoxy) is 1. The SMILES string of the molecule is COC(=O)CCCN(C)C(=O)CCc1ccco1. The van der Waals surface area contributed by atoms with Gasteiger partial charge in [0.1, 0.15) is 5.76 Å². The molecule has 0 aliphatic carbocycles. The molecule has 1 amide bonds. The zero-order chi connectivity index (χ0) is 13.4. The van der Waals surface area contributed by atoms with Crippen molar-refractivity contribution in [3.63, 3.8) is 0 Å². The lowest BCUT2D eigenvalue weighted by Crippen LogP contribution is -2.28. The molecule has 0 saturated carbocycles. The van der Waals surface area contributed by atoms with Crippen LogP contribution >= 0.6 is 0 Å². The first-order valence-electron chi connectivity index (χ1n) is 5.96. The summed E-state index contributed by atoms with van der Waals surface area (Å²) >= 11 is 0. The lowest BCUT2D eigenvalue weighted by atomic mass is 10.2. The Labute approximate surface area is 107 Å². The van der Waals surface area contributed by atoms with Gasteiger partial charge >= 0.3 is 5.97 Å². The van der Waals surface area contributed by atoms with E-state index in [4.69, 9.17) is 4.42 Å². The van der Waals surface area contributed by atoms with Crippen molar-refractivity contribution < 1.29 is 18.7 Å². The predicted molar refractivity (Wildman–Crippen MR) is 65.9 cm³/mol. The Bertz CT molecular complexity index is 372. The van der Waals surface area contributed by atoms with Gasteiger partial charge in [0.05, 0.1) is 13.4 Å². The quantitative estimate of drug-likeness (QED) is 0.693. The van der Waals surface area contributed by atoms with E-state index in [2.05, 4.69) is 4.74 Å². The number of amides is 1. The second kappa shape index (κ2) is 7.53. The van der Waals surface area contributed by atoms with Crippen LogP contribution in [0.5, 0.6) is 0 Å². The Morgan fingerprint density at radius 3 is 2.78 bits per heavy atom. The molecule has 0 aliphatic heterocycles. The van der Waals surface area contributed by atoms with E-state index in [0.29, 0.717) is 32.2 Å². The van der Waals surface area contributed by atoms with Crippen molar-refractivity contribution in [2.24, 2.45) is 0 Å². The lowest BCUT2D eigenvalue weighted by Gasteiger charge is -2.16. The first-order chi connectivity index (χ1) is 8.63.